The molecule has 0 spiro atoms. The van der Waals surface area contributed by atoms with Gasteiger partial charge in [0.1, 0.15) is 0 Å². The quantitative estimate of drug-likeness (QED) is 0.780. The average molecular weight is 374 g/mol. The molecule has 1 unspecified atom stereocenters. The number of carbonyl (C=O) groups excluding carboxylic acids is 2. The molecule has 2 amide bonds. The second kappa shape index (κ2) is 7.47. The molecule has 1 heterocycles. The molecule has 1 aromatic carbocycles. The summed E-state index contributed by atoms with van der Waals surface area (Å²) in [5, 5.41) is 0. The largest absolute Gasteiger partial charge is 0.342 e. The van der Waals surface area contributed by atoms with Crippen LogP contribution in [0.25, 0.3) is 0 Å². The molecule has 0 N–H and O–H groups in total. The Kier molecular flexibility index (Phi) is 5.76. The van der Waals surface area contributed by atoms with Crippen LogP contribution in [0.15, 0.2) is 18.2 Å². The van der Waals surface area contributed by atoms with Crippen molar-refractivity contribution < 1.29 is 26.8 Å². The Morgan fingerprint density at radius 2 is 1.92 bits per heavy atom. The van der Waals surface area contributed by atoms with Gasteiger partial charge in [-0.1, -0.05) is 0 Å². The molecule has 1 aromatic rings. The molecule has 1 atom stereocenters. The number of anilines is 1. The second-order valence-electron chi connectivity index (χ2n) is 6.08. The number of carbonyl (C=O) groups is 2. The molecule has 6 nitrogen and oxygen atoms in total. The molecule has 2 rings (SSSR count). The fourth-order valence-corrected chi connectivity index (χ4v) is 4.56. The van der Waals surface area contributed by atoms with Crippen LogP contribution in [0.3, 0.4) is 0 Å². The first-order valence-electron chi connectivity index (χ1n) is 7.80. The van der Waals surface area contributed by atoms with Crippen molar-refractivity contribution in [3.8, 4) is 0 Å². The minimum Gasteiger partial charge on any atom is -0.342 e. The van der Waals surface area contributed by atoms with Gasteiger partial charge >= 0.3 is 0 Å². The molecule has 138 valence electrons. The molecule has 9 heteroatoms. The zero-order chi connectivity index (χ0) is 18.8. The van der Waals surface area contributed by atoms with Gasteiger partial charge in [0.2, 0.25) is 11.8 Å². The fourth-order valence-electron chi connectivity index (χ4n) is 2.79. The van der Waals surface area contributed by atoms with Crippen molar-refractivity contribution >= 4 is 27.3 Å². The maximum absolute atomic E-state index is 13.4. The number of halogens is 2. The smallest absolute Gasteiger partial charge is 0.224 e. The van der Waals surface area contributed by atoms with Crippen LogP contribution in [0.2, 0.25) is 0 Å². The predicted octanol–water partition coefficient (Wildman–Crippen LogP) is 1.35. The van der Waals surface area contributed by atoms with Crippen molar-refractivity contribution in [2.45, 2.75) is 25.8 Å². The molecule has 25 heavy (non-hydrogen) atoms. The highest BCUT2D eigenvalue weighted by Crippen LogP contribution is 2.20. The van der Waals surface area contributed by atoms with Crippen LogP contribution < -0.4 is 4.90 Å². The number of sulfone groups is 1. The van der Waals surface area contributed by atoms with Crippen molar-refractivity contribution in [2.75, 3.05) is 30.0 Å². The molecule has 0 bridgehead atoms. The maximum Gasteiger partial charge on any atom is 0.224 e. The summed E-state index contributed by atoms with van der Waals surface area (Å²) < 4.78 is 49.4. The summed E-state index contributed by atoms with van der Waals surface area (Å²) in [5.74, 6) is -2.83. The summed E-state index contributed by atoms with van der Waals surface area (Å²) in [6, 6.07) is 2.70. The van der Waals surface area contributed by atoms with Gasteiger partial charge in [-0.25, -0.2) is 17.2 Å². The van der Waals surface area contributed by atoms with Crippen LogP contribution in [-0.4, -0.2) is 56.3 Å². The van der Waals surface area contributed by atoms with E-state index in [1.54, 1.807) is 0 Å². The molecular weight excluding hydrogens is 354 g/mol. The lowest BCUT2D eigenvalue weighted by Crippen LogP contribution is -2.40. The standard InChI is InChI=1S/C16H20F2N2O4S/c1-11(21)20(12-3-4-14(17)15(18)9-12)7-5-16(22)19(2)13-6-8-25(23,24)10-13/h3-4,9,13H,5-8,10H2,1-2H3. The minimum atomic E-state index is -3.11. The summed E-state index contributed by atoms with van der Waals surface area (Å²) in [5.41, 5.74) is 0.158. The number of amides is 2. The van der Waals surface area contributed by atoms with Crippen LogP contribution in [0.1, 0.15) is 19.8 Å². The summed E-state index contributed by atoms with van der Waals surface area (Å²) >= 11 is 0. The lowest BCUT2D eigenvalue weighted by molar-refractivity contribution is -0.131. The molecule has 0 radical (unpaired) electrons. The SMILES string of the molecule is CC(=O)N(CCC(=O)N(C)C1CCS(=O)(=O)C1)c1ccc(F)c(F)c1. The van der Waals surface area contributed by atoms with Gasteiger partial charge < -0.3 is 9.80 Å². The normalized spacial score (nSPS) is 18.8. The first kappa shape index (κ1) is 19.3. The summed E-state index contributed by atoms with van der Waals surface area (Å²) in [6.45, 7) is 1.25. The number of hydrogen-bond donors (Lipinski definition) is 0. The number of rotatable bonds is 5. The van der Waals surface area contributed by atoms with E-state index in [0.29, 0.717) is 6.42 Å². The van der Waals surface area contributed by atoms with E-state index in [2.05, 4.69) is 0 Å². The summed E-state index contributed by atoms with van der Waals surface area (Å²) in [4.78, 5) is 26.6. The lowest BCUT2D eigenvalue weighted by atomic mass is 10.2. The Hall–Kier alpha value is -2.03. The zero-order valence-electron chi connectivity index (χ0n) is 14.0. The molecule has 0 saturated carbocycles. The van der Waals surface area contributed by atoms with Crippen LogP contribution in [0.5, 0.6) is 0 Å². The van der Waals surface area contributed by atoms with E-state index in [9.17, 15) is 26.8 Å². The van der Waals surface area contributed by atoms with Crippen LogP contribution in [0, 0.1) is 11.6 Å². The molecule has 1 aliphatic rings. The monoisotopic (exact) mass is 374 g/mol. The van der Waals surface area contributed by atoms with E-state index in [4.69, 9.17) is 0 Å². The Morgan fingerprint density at radius 3 is 2.44 bits per heavy atom. The second-order valence-corrected chi connectivity index (χ2v) is 8.31. The average Bonchev–Trinajstić information content (AvgIpc) is 2.89. The number of nitrogens with zero attached hydrogens (tertiary/aromatic N) is 2. The van der Waals surface area contributed by atoms with Crippen molar-refractivity contribution in [3.05, 3.63) is 29.8 Å². The van der Waals surface area contributed by atoms with Crippen molar-refractivity contribution in [1.29, 1.82) is 0 Å². The highest BCUT2D eigenvalue weighted by Gasteiger charge is 2.32. The van der Waals surface area contributed by atoms with Gasteiger partial charge in [-0.05, 0) is 18.6 Å². The van der Waals surface area contributed by atoms with E-state index in [1.807, 2.05) is 0 Å². The zero-order valence-corrected chi connectivity index (χ0v) is 14.9. The van der Waals surface area contributed by atoms with Gasteiger partial charge in [0, 0.05) is 44.7 Å². The van der Waals surface area contributed by atoms with Crippen molar-refractivity contribution in [1.82, 2.24) is 4.90 Å². The molecule has 1 aliphatic heterocycles. The maximum atomic E-state index is 13.4. The molecule has 0 aromatic heterocycles. The topological polar surface area (TPSA) is 74.8 Å². The van der Waals surface area contributed by atoms with Gasteiger partial charge in [-0.15, -0.1) is 0 Å². The third-order valence-corrected chi connectivity index (χ3v) is 6.04. The van der Waals surface area contributed by atoms with Crippen LogP contribution in [-0.2, 0) is 19.4 Å². The molecule has 0 aliphatic carbocycles. The van der Waals surface area contributed by atoms with Gasteiger partial charge in [0.15, 0.2) is 21.5 Å². The van der Waals surface area contributed by atoms with E-state index in [-0.39, 0.29) is 42.1 Å². The van der Waals surface area contributed by atoms with Crippen molar-refractivity contribution in [3.63, 3.8) is 0 Å². The van der Waals surface area contributed by atoms with Gasteiger partial charge in [0.05, 0.1) is 11.5 Å². The third kappa shape index (κ3) is 4.75. The molecule has 1 saturated heterocycles. The Balaban J connectivity index is 2.02. The first-order chi connectivity index (χ1) is 11.6. The van der Waals surface area contributed by atoms with Gasteiger partial charge in [-0.2, -0.15) is 0 Å². The summed E-state index contributed by atoms with van der Waals surface area (Å²) in [7, 11) is -1.57. The number of hydrogen-bond acceptors (Lipinski definition) is 4. The van der Waals surface area contributed by atoms with E-state index >= 15 is 0 Å². The highest BCUT2D eigenvalue weighted by atomic mass is 32.2. The van der Waals surface area contributed by atoms with E-state index < -0.39 is 27.4 Å². The van der Waals surface area contributed by atoms with E-state index in [1.165, 1.54) is 29.8 Å². The van der Waals surface area contributed by atoms with Crippen LogP contribution in [0.4, 0.5) is 14.5 Å². The predicted molar refractivity (Wildman–Crippen MR) is 88.8 cm³/mol. The highest BCUT2D eigenvalue weighted by molar-refractivity contribution is 7.91. The molecule has 1 fully saturated rings. The Labute approximate surface area is 145 Å². The van der Waals surface area contributed by atoms with Gasteiger partial charge in [0.25, 0.3) is 0 Å². The molecular formula is C16H20F2N2O4S. The third-order valence-electron chi connectivity index (χ3n) is 4.29. The van der Waals surface area contributed by atoms with Crippen LogP contribution >= 0.6 is 0 Å². The fraction of sp³-hybridized carbons (Fsp3) is 0.500. The Bertz CT molecular complexity index is 782. The first-order valence-corrected chi connectivity index (χ1v) is 9.62. The lowest BCUT2D eigenvalue weighted by Gasteiger charge is -2.26. The van der Waals surface area contributed by atoms with Crippen molar-refractivity contribution in [2.24, 2.45) is 0 Å². The summed E-state index contributed by atoms with van der Waals surface area (Å²) in [6.07, 6.45) is 0.343. The number of benzene rings is 1. The van der Waals surface area contributed by atoms with E-state index in [0.717, 1.165) is 12.1 Å². The minimum absolute atomic E-state index is 0.0109. The Morgan fingerprint density at radius 1 is 1.24 bits per heavy atom. The van der Waals surface area contributed by atoms with Gasteiger partial charge in [-0.3, -0.25) is 9.59 Å².